The van der Waals surface area contributed by atoms with E-state index in [0.29, 0.717) is 0 Å². The predicted molar refractivity (Wildman–Crippen MR) is 119 cm³/mol. The Labute approximate surface area is 194 Å². The van der Waals surface area contributed by atoms with Crippen molar-refractivity contribution in [3.05, 3.63) is 47.5 Å². The molecule has 2 aromatic carbocycles. The zero-order valence-electron chi connectivity index (χ0n) is 18.4. The van der Waals surface area contributed by atoms with Crippen LogP contribution in [0, 0.1) is 11.6 Å². The molecule has 0 unspecified atom stereocenters. The van der Waals surface area contributed by atoms with E-state index >= 15 is 0 Å². The van der Waals surface area contributed by atoms with Gasteiger partial charge in [0.15, 0.2) is 29.0 Å². The van der Waals surface area contributed by atoms with Crippen molar-refractivity contribution in [2.24, 2.45) is 0 Å². The number of fused-ring (bicyclic) bond motifs is 2. The highest BCUT2D eigenvalue weighted by molar-refractivity contribution is 5.91. The molecule has 2 N–H and O–H groups in total. The molecule has 11 heteroatoms. The van der Waals surface area contributed by atoms with Crippen molar-refractivity contribution in [1.29, 1.82) is 0 Å². The fraction of sp³-hybridized carbons (Fsp3) is 0.348. The molecule has 1 saturated heterocycles. The van der Waals surface area contributed by atoms with Gasteiger partial charge in [0.1, 0.15) is 0 Å². The molecule has 2 aliphatic rings. The number of ether oxygens (including phenoxy) is 3. The summed E-state index contributed by atoms with van der Waals surface area (Å²) >= 11 is 0. The third-order valence-corrected chi connectivity index (χ3v) is 5.87. The molecule has 34 heavy (non-hydrogen) atoms. The zero-order valence-corrected chi connectivity index (χ0v) is 18.4. The van der Waals surface area contributed by atoms with E-state index in [1.54, 1.807) is 0 Å². The van der Waals surface area contributed by atoms with E-state index in [0.717, 1.165) is 61.7 Å². The molecule has 0 atom stereocenters. The number of piperidine rings is 1. The van der Waals surface area contributed by atoms with Gasteiger partial charge in [0.05, 0.1) is 18.1 Å². The van der Waals surface area contributed by atoms with Crippen molar-refractivity contribution in [3.8, 4) is 17.4 Å². The molecule has 0 spiro atoms. The van der Waals surface area contributed by atoms with E-state index in [2.05, 4.69) is 25.5 Å². The molecule has 0 radical (unpaired) electrons. The number of aromatic nitrogens is 2. The molecule has 0 bridgehead atoms. The van der Waals surface area contributed by atoms with Gasteiger partial charge in [-0.25, -0.2) is 23.5 Å². The molecular weight excluding hydrogens is 448 g/mol. The second-order valence-corrected chi connectivity index (χ2v) is 8.17. The van der Waals surface area contributed by atoms with Crippen LogP contribution in [0.3, 0.4) is 0 Å². The first-order chi connectivity index (χ1) is 16.5. The van der Waals surface area contributed by atoms with E-state index in [9.17, 15) is 13.6 Å². The topological polar surface area (TPSA) is 97.8 Å². The Morgan fingerprint density at radius 3 is 2.53 bits per heavy atom. The van der Waals surface area contributed by atoms with Gasteiger partial charge in [0, 0.05) is 37.8 Å². The number of benzene rings is 2. The van der Waals surface area contributed by atoms with Crippen LogP contribution in [0.1, 0.15) is 18.4 Å². The van der Waals surface area contributed by atoms with Crippen LogP contribution in [0.5, 0.6) is 17.4 Å². The van der Waals surface area contributed by atoms with E-state index in [1.165, 1.54) is 7.11 Å². The smallest absolute Gasteiger partial charge is 0.320 e. The number of halogens is 2. The number of likely N-dealkylation sites (tertiary alicyclic amines) is 1. The molecule has 2 aliphatic heterocycles. The van der Waals surface area contributed by atoms with Gasteiger partial charge in [-0.2, -0.15) is 0 Å². The minimum Gasteiger partial charge on any atom is -0.478 e. The Morgan fingerprint density at radius 1 is 1.09 bits per heavy atom. The number of anilines is 1. The Bertz CT molecular complexity index is 1230. The van der Waals surface area contributed by atoms with Crippen LogP contribution in [0.2, 0.25) is 0 Å². The number of carbonyl (C=O) groups excluding carboxylic acids is 1. The zero-order chi connectivity index (χ0) is 23.7. The quantitative estimate of drug-likeness (QED) is 0.588. The first-order valence-corrected chi connectivity index (χ1v) is 10.9. The molecule has 3 heterocycles. The van der Waals surface area contributed by atoms with Crippen LogP contribution in [0.15, 0.2) is 30.3 Å². The van der Waals surface area contributed by atoms with Gasteiger partial charge >= 0.3 is 6.03 Å². The summed E-state index contributed by atoms with van der Waals surface area (Å²) in [5.41, 5.74) is 1.37. The van der Waals surface area contributed by atoms with Crippen LogP contribution in [-0.4, -0.2) is 53.9 Å². The molecule has 9 nitrogen and oxygen atoms in total. The largest absolute Gasteiger partial charge is 0.478 e. The van der Waals surface area contributed by atoms with Crippen molar-refractivity contribution >= 4 is 22.9 Å². The molecule has 0 aliphatic carbocycles. The SMILES string of the molecule is COc1nc2cc(F)c(F)cc2nc1NC(=O)NC1CCN(Cc2ccc3c(c2)OCO3)CC1. The third kappa shape index (κ3) is 4.65. The number of rotatable bonds is 5. The normalized spacial score (nSPS) is 16.0. The van der Waals surface area contributed by atoms with Crippen molar-refractivity contribution < 1.29 is 27.8 Å². The number of carbonyl (C=O) groups is 1. The summed E-state index contributed by atoms with van der Waals surface area (Å²) in [4.78, 5) is 23.2. The lowest BCUT2D eigenvalue weighted by Gasteiger charge is -2.32. The number of urea groups is 1. The van der Waals surface area contributed by atoms with Crippen molar-refractivity contribution in [3.63, 3.8) is 0 Å². The lowest BCUT2D eigenvalue weighted by Crippen LogP contribution is -2.45. The van der Waals surface area contributed by atoms with Gasteiger partial charge in [0.2, 0.25) is 6.79 Å². The second kappa shape index (κ2) is 9.26. The molecule has 178 valence electrons. The predicted octanol–water partition coefficient (Wildman–Crippen LogP) is 3.43. The molecule has 0 saturated carbocycles. The highest BCUT2D eigenvalue weighted by atomic mass is 19.2. The highest BCUT2D eigenvalue weighted by Gasteiger charge is 2.23. The number of methoxy groups -OCH3 is 1. The molecule has 1 aromatic heterocycles. The number of nitrogens with one attached hydrogen (secondary N) is 2. The summed E-state index contributed by atoms with van der Waals surface area (Å²) in [6, 6.07) is 7.33. The maximum atomic E-state index is 13.6. The summed E-state index contributed by atoms with van der Waals surface area (Å²) in [5.74, 6) is -0.512. The van der Waals surface area contributed by atoms with E-state index < -0.39 is 17.7 Å². The first kappa shape index (κ1) is 22.1. The van der Waals surface area contributed by atoms with Crippen molar-refractivity contribution in [2.75, 3.05) is 32.3 Å². The number of hydrogen-bond donors (Lipinski definition) is 2. The number of nitrogens with zero attached hydrogens (tertiary/aromatic N) is 3. The summed E-state index contributed by atoms with van der Waals surface area (Å²) in [6.07, 6.45) is 1.56. The summed E-state index contributed by atoms with van der Waals surface area (Å²) in [6.45, 7) is 2.69. The lowest BCUT2D eigenvalue weighted by molar-refractivity contribution is 0.173. The molecular formula is C23H23F2N5O4. The van der Waals surface area contributed by atoms with Gasteiger partial charge < -0.3 is 19.5 Å². The Hall–Kier alpha value is -3.73. The molecule has 1 fully saturated rings. The van der Waals surface area contributed by atoms with Crippen molar-refractivity contribution in [2.45, 2.75) is 25.4 Å². The maximum absolute atomic E-state index is 13.6. The molecule has 3 aromatic rings. The van der Waals surface area contributed by atoms with Gasteiger partial charge in [0.25, 0.3) is 5.88 Å². The molecule has 2 amide bonds. The minimum atomic E-state index is -1.05. The number of hydrogen-bond acceptors (Lipinski definition) is 7. The Balaban J connectivity index is 1.16. The summed E-state index contributed by atoms with van der Waals surface area (Å²) in [5, 5.41) is 5.54. The van der Waals surface area contributed by atoms with Crippen LogP contribution < -0.4 is 24.8 Å². The third-order valence-electron chi connectivity index (χ3n) is 5.87. The van der Waals surface area contributed by atoms with Gasteiger partial charge in [-0.1, -0.05) is 6.07 Å². The summed E-state index contributed by atoms with van der Waals surface area (Å²) < 4.78 is 43.0. The van der Waals surface area contributed by atoms with Crippen LogP contribution in [-0.2, 0) is 6.54 Å². The Kier molecular flexibility index (Phi) is 6.01. The monoisotopic (exact) mass is 471 g/mol. The molecule has 5 rings (SSSR count). The minimum absolute atomic E-state index is 0.00667. The van der Waals surface area contributed by atoms with E-state index in [-0.39, 0.29) is 35.6 Å². The fourth-order valence-electron chi connectivity index (χ4n) is 4.12. The maximum Gasteiger partial charge on any atom is 0.320 e. The lowest BCUT2D eigenvalue weighted by atomic mass is 10.0. The van der Waals surface area contributed by atoms with Crippen molar-refractivity contribution in [1.82, 2.24) is 20.2 Å². The van der Waals surface area contributed by atoms with Gasteiger partial charge in [-0.05, 0) is 30.5 Å². The summed E-state index contributed by atoms with van der Waals surface area (Å²) in [7, 11) is 1.36. The van der Waals surface area contributed by atoms with Crippen LogP contribution >= 0.6 is 0 Å². The van der Waals surface area contributed by atoms with E-state index in [4.69, 9.17) is 14.2 Å². The second-order valence-electron chi connectivity index (χ2n) is 8.17. The highest BCUT2D eigenvalue weighted by Crippen LogP contribution is 2.33. The fourth-order valence-corrected chi connectivity index (χ4v) is 4.12. The van der Waals surface area contributed by atoms with Gasteiger partial charge in [-0.3, -0.25) is 10.2 Å². The average molecular weight is 471 g/mol. The average Bonchev–Trinajstić information content (AvgIpc) is 3.29. The Morgan fingerprint density at radius 2 is 1.79 bits per heavy atom. The first-order valence-electron chi connectivity index (χ1n) is 10.9. The van der Waals surface area contributed by atoms with Crippen LogP contribution in [0.25, 0.3) is 11.0 Å². The number of amides is 2. The van der Waals surface area contributed by atoms with E-state index in [1.807, 2.05) is 18.2 Å². The standard InChI is InChI=1S/C23H23F2N5O4/c1-32-22-21(27-17-9-15(24)16(25)10-18(17)28-22)29-23(31)26-14-4-6-30(7-5-14)11-13-2-3-19-20(8-13)34-12-33-19/h2-3,8-10,14H,4-7,11-12H2,1H3,(H2,26,27,29,31). The van der Waals surface area contributed by atoms with Crippen LogP contribution in [0.4, 0.5) is 19.4 Å². The van der Waals surface area contributed by atoms with Gasteiger partial charge in [-0.15, -0.1) is 0 Å².